The monoisotopic (exact) mass is 245 g/mol. The van der Waals surface area contributed by atoms with E-state index in [1.165, 1.54) is 9.80 Å². The topological polar surface area (TPSA) is 110 Å². The minimum atomic E-state index is -1.09. The third-order valence-electron chi connectivity index (χ3n) is 2.35. The third-order valence-corrected chi connectivity index (χ3v) is 2.35. The predicted octanol–water partition coefficient (Wildman–Crippen LogP) is -1.52. The van der Waals surface area contributed by atoms with Gasteiger partial charge in [0.05, 0.1) is 13.1 Å². The number of aliphatic carboxylic acids is 2. The minimum absolute atomic E-state index is 0.199. The zero-order valence-electron chi connectivity index (χ0n) is 9.26. The van der Waals surface area contributed by atoms with Gasteiger partial charge < -0.3 is 20.4 Å². The Hall–Kier alpha value is -1.83. The maximum absolute atomic E-state index is 11.2. The second-order valence-electron chi connectivity index (χ2n) is 3.72. The zero-order valence-corrected chi connectivity index (χ0v) is 9.26. The average molecular weight is 245 g/mol. The maximum atomic E-state index is 11.2. The van der Waals surface area contributed by atoms with E-state index in [9.17, 15) is 14.4 Å². The molecule has 96 valence electrons. The van der Waals surface area contributed by atoms with Crippen LogP contribution in [0.15, 0.2) is 0 Å². The summed E-state index contributed by atoms with van der Waals surface area (Å²) in [6.07, 6.45) is 0. The van der Waals surface area contributed by atoms with Crippen LogP contribution < -0.4 is 5.32 Å². The molecule has 0 bridgehead atoms. The number of carboxylic acids is 2. The van der Waals surface area contributed by atoms with Gasteiger partial charge in [-0.25, -0.2) is 4.79 Å². The number of carbonyl (C=O) groups is 3. The molecule has 0 aromatic rings. The van der Waals surface area contributed by atoms with E-state index in [4.69, 9.17) is 10.2 Å². The molecule has 1 aliphatic rings. The lowest BCUT2D eigenvalue weighted by atomic mass is 10.4. The largest absolute Gasteiger partial charge is 0.480 e. The molecular weight excluding hydrogens is 230 g/mol. The normalized spacial score (nSPS) is 15.1. The molecule has 1 saturated heterocycles. The minimum Gasteiger partial charge on any atom is -0.480 e. The summed E-state index contributed by atoms with van der Waals surface area (Å²) in [5.41, 5.74) is 0. The molecule has 0 saturated carbocycles. The van der Waals surface area contributed by atoms with Gasteiger partial charge >= 0.3 is 18.0 Å². The first-order valence-electron chi connectivity index (χ1n) is 5.17. The fourth-order valence-electron chi connectivity index (χ4n) is 1.58. The van der Waals surface area contributed by atoms with Gasteiger partial charge in [0.15, 0.2) is 0 Å². The zero-order chi connectivity index (χ0) is 12.8. The lowest BCUT2D eigenvalue weighted by Crippen LogP contribution is -2.41. The van der Waals surface area contributed by atoms with Crippen LogP contribution in [0.5, 0.6) is 0 Å². The van der Waals surface area contributed by atoms with Gasteiger partial charge in [0, 0.05) is 26.2 Å². The molecule has 3 N–H and O–H groups in total. The SMILES string of the molecule is O=C(O)CN(CCN1CCNC1=O)CC(=O)O. The summed E-state index contributed by atoms with van der Waals surface area (Å²) in [4.78, 5) is 35.0. The lowest BCUT2D eigenvalue weighted by Gasteiger charge is -2.21. The van der Waals surface area contributed by atoms with Crippen molar-refractivity contribution in [2.24, 2.45) is 0 Å². The average Bonchev–Trinajstić information content (AvgIpc) is 2.59. The van der Waals surface area contributed by atoms with Gasteiger partial charge in [-0.3, -0.25) is 14.5 Å². The number of rotatable bonds is 7. The highest BCUT2D eigenvalue weighted by atomic mass is 16.4. The van der Waals surface area contributed by atoms with E-state index in [-0.39, 0.29) is 25.7 Å². The molecule has 0 aromatic heterocycles. The van der Waals surface area contributed by atoms with Crippen molar-refractivity contribution >= 4 is 18.0 Å². The smallest absolute Gasteiger partial charge is 0.317 e. The van der Waals surface area contributed by atoms with Crippen LogP contribution in [0.25, 0.3) is 0 Å². The molecule has 0 spiro atoms. The molecule has 8 nitrogen and oxygen atoms in total. The third kappa shape index (κ3) is 4.68. The van der Waals surface area contributed by atoms with Crippen LogP contribution in [-0.4, -0.2) is 77.3 Å². The van der Waals surface area contributed by atoms with Crippen LogP contribution in [0.2, 0.25) is 0 Å². The molecule has 17 heavy (non-hydrogen) atoms. The van der Waals surface area contributed by atoms with E-state index in [1.807, 2.05) is 0 Å². The second-order valence-corrected chi connectivity index (χ2v) is 3.72. The van der Waals surface area contributed by atoms with Crippen molar-refractivity contribution in [2.45, 2.75) is 0 Å². The Kier molecular flexibility index (Phi) is 4.70. The van der Waals surface area contributed by atoms with Crippen LogP contribution in [0.3, 0.4) is 0 Å². The van der Waals surface area contributed by atoms with Crippen molar-refractivity contribution < 1.29 is 24.6 Å². The predicted molar refractivity (Wildman–Crippen MR) is 56.7 cm³/mol. The Morgan fingerprint density at radius 1 is 1.29 bits per heavy atom. The van der Waals surface area contributed by atoms with Crippen LogP contribution in [-0.2, 0) is 9.59 Å². The Balaban J connectivity index is 2.39. The highest BCUT2D eigenvalue weighted by Gasteiger charge is 2.21. The Labute approximate surface area is 97.8 Å². The highest BCUT2D eigenvalue weighted by Crippen LogP contribution is 1.98. The molecule has 1 rings (SSSR count). The second kappa shape index (κ2) is 6.04. The number of carboxylic acid groups (broad SMARTS) is 2. The van der Waals surface area contributed by atoms with E-state index in [0.29, 0.717) is 19.6 Å². The van der Waals surface area contributed by atoms with Gasteiger partial charge in [-0.2, -0.15) is 0 Å². The first-order valence-corrected chi connectivity index (χ1v) is 5.17. The number of carbonyl (C=O) groups excluding carboxylic acids is 1. The molecule has 1 aliphatic heterocycles. The number of hydrogen-bond donors (Lipinski definition) is 3. The summed E-state index contributed by atoms with van der Waals surface area (Å²) in [6, 6.07) is -0.199. The van der Waals surface area contributed by atoms with Crippen LogP contribution in [0.1, 0.15) is 0 Å². The number of urea groups is 1. The first-order chi connectivity index (χ1) is 7.99. The first kappa shape index (κ1) is 13.2. The Bertz CT molecular complexity index is 304. The van der Waals surface area contributed by atoms with E-state index < -0.39 is 11.9 Å². The molecule has 0 aromatic carbocycles. The fourth-order valence-corrected chi connectivity index (χ4v) is 1.58. The van der Waals surface area contributed by atoms with Crippen LogP contribution in [0.4, 0.5) is 4.79 Å². The standard InChI is InChI=1S/C9H15N3O5/c13-7(14)5-11(6-8(15)16)3-4-12-2-1-10-9(12)17/h1-6H2,(H,10,17)(H,13,14)(H,15,16). The van der Waals surface area contributed by atoms with Crippen molar-refractivity contribution in [1.82, 2.24) is 15.1 Å². The van der Waals surface area contributed by atoms with E-state index in [0.717, 1.165) is 0 Å². The van der Waals surface area contributed by atoms with Gasteiger partial charge in [-0.1, -0.05) is 0 Å². The molecular formula is C9H15N3O5. The molecule has 2 amide bonds. The quantitative estimate of drug-likeness (QED) is 0.502. The van der Waals surface area contributed by atoms with Gasteiger partial charge in [0.25, 0.3) is 0 Å². The number of nitrogens with zero attached hydrogens (tertiary/aromatic N) is 2. The fraction of sp³-hybridized carbons (Fsp3) is 0.667. The molecule has 1 heterocycles. The van der Waals surface area contributed by atoms with Crippen molar-refractivity contribution in [1.29, 1.82) is 0 Å². The number of amides is 2. The molecule has 1 fully saturated rings. The van der Waals surface area contributed by atoms with Gasteiger partial charge in [-0.15, -0.1) is 0 Å². The highest BCUT2D eigenvalue weighted by molar-refractivity contribution is 5.76. The summed E-state index contributed by atoms with van der Waals surface area (Å²) in [7, 11) is 0. The Morgan fingerprint density at radius 3 is 2.29 bits per heavy atom. The van der Waals surface area contributed by atoms with Gasteiger partial charge in [-0.05, 0) is 0 Å². The number of hydrogen-bond acceptors (Lipinski definition) is 4. The summed E-state index contributed by atoms with van der Waals surface area (Å²) >= 11 is 0. The van der Waals surface area contributed by atoms with E-state index >= 15 is 0 Å². The van der Waals surface area contributed by atoms with Crippen molar-refractivity contribution in [3.8, 4) is 0 Å². The molecule has 0 aliphatic carbocycles. The van der Waals surface area contributed by atoms with Crippen molar-refractivity contribution in [3.05, 3.63) is 0 Å². The summed E-state index contributed by atoms with van der Waals surface area (Å²) in [6.45, 7) is 0.992. The summed E-state index contributed by atoms with van der Waals surface area (Å²) in [5.74, 6) is -2.17. The van der Waals surface area contributed by atoms with Gasteiger partial charge in [0.2, 0.25) is 0 Å². The Morgan fingerprint density at radius 2 is 1.88 bits per heavy atom. The molecule has 0 atom stereocenters. The van der Waals surface area contributed by atoms with E-state index in [2.05, 4.69) is 5.32 Å². The number of nitrogens with one attached hydrogen (secondary N) is 1. The summed E-state index contributed by atoms with van der Waals surface area (Å²) in [5, 5.41) is 19.8. The van der Waals surface area contributed by atoms with Crippen molar-refractivity contribution in [3.63, 3.8) is 0 Å². The van der Waals surface area contributed by atoms with E-state index in [1.54, 1.807) is 0 Å². The summed E-state index contributed by atoms with van der Waals surface area (Å²) < 4.78 is 0. The maximum Gasteiger partial charge on any atom is 0.317 e. The molecule has 8 heteroatoms. The van der Waals surface area contributed by atoms with Crippen LogP contribution in [0, 0.1) is 0 Å². The lowest BCUT2D eigenvalue weighted by molar-refractivity contribution is -0.141. The molecule has 0 unspecified atom stereocenters. The van der Waals surface area contributed by atoms with Gasteiger partial charge in [0.1, 0.15) is 0 Å². The molecule has 0 radical (unpaired) electrons. The van der Waals surface area contributed by atoms with Crippen molar-refractivity contribution in [2.75, 3.05) is 39.3 Å². The van der Waals surface area contributed by atoms with Crippen LogP contribution >= 0.6 is 0 Å².